The molecule has 25 heavy (non-hydrogen) atoms. The molecule has 3 heterocycles. The minimum absolute atomic E-state index is 0. The summed E-state index contributed by atoms with van der Waals surface area (Å²) in [7, 11) is -3.48. The molecule has 6 nitrogen and oxygen atoms in total. The topological polar surface area (TPSA) is 83.7 Å². The second-order valence-electron chi connectivity index (χ2n) is 6.74. The van der Waals surface area contributed by atoms with Gasteiger partial charge < -0.3 is 10.6 Å². The molecular weight excluding hydrogens is 382 g/mol. The minimum atomic E-state index is -3.48. The van der Waals surface area contributed by atoms with E-state index in [0.717, 1.165) is 37.0 Å². The summed E-state index contributed by atoms with van der Waals surface area (Å²) < 4.78 is 27.3. The molecule has 0 spiro atoms. The van der Waals surface area contributed by atoms with Crippen LogP contribution >= 0.6 is 23.7 Å². The third-order valence-corrected chi connectivity index (χ3v) is 8.48. The molecular formula is C16H26ClN3O3S2. The zero-order valence-corrected chi connectivity index (χ0v) is 16.8. The fourth-order valence-electron chi connectivity index (χ4n) is 3.42. The molecule has 0 aliphatic carbocycles. The quantitative estimate of drug-likeness (QED) is 0.828. The van der Waals surface area contributed by atoms with Crippen molar-refractivity contribution in [3.8, 4) is 0 Å². The molecule has 0 bridgehead atoms. The van der Waals surface area contributed by atoms with Gasteiger partial charge in [0.25, 0.3) is 15.9 Å². The number of thiophene rings is 1. The molecule has 0 saturated carbocycles. The molecule has 1 aromatic rings. The zero-order chi connectivity index (χ0) is 17.3. The molecule has 1 aromatic heterocycles. The van der Waals surface area contributed by atoms with Crippen molar-refractivity contribution in [2.24, 2.45) is 11.7 Å². The van der Waals surface area contributed by atoms with E-state index in [2.05, 4.69) is 6.92 Å². The summed E-state index contributed by atoms with van der Waals surface area (Å²) in [5.41, 5.74) is 5.73. The molecule has 0 radical (unpaired) electrons. The van der Waals surface area contributed by atoms with Crippen molar-refractivity contribution >= 4 is 39.7 Å². The van der Waals surface area contributed by atoms with Gasteiger partial charge in [0.05, 0.1) is 4.88 Å². The predicted molar refractivity (Wildman–Crippen MR) is 102 cm³/mol. The molecule has 3 rings (SSSR count). The monoisotopic (exact) mass is 407 g/mol. The normalized spacial score (nSPS) is 22.8. The third-order valence-electron chi connectivity index (χ3n) is 5.04. The second kappa shape index (κ2) is 8.35. The number of nitrogens with two attached hydrogens (primary N) is 1. The number of piperidine rings is 1. The van der Waals surface area contributed by atoms with Gasteiger partial charge in [-0.15, -0.1) is 23.7 Å². The number of likely N-dealkylation sites (tertiary alicyclic amines) is 1. The highest BCUT2D eigenvalue weighted by atomic mass is 35.5. The summed E-state index contributed by atoms with van der Waals surface area (Å²) in [5, 5.41) is 0. The maximum atomic E-state index is 12.8. The fraction of sp³-hybridized carbons (Fsp3) is 0.688. The van der Waals surface area contributed by atoms with Crippen molar-refractivity contribution in [3.63, 3.8) is 0 Å². The first-order valence-corrected chi connectivity index (χ1v) is 10.8. The number of halogens is 1. The molecule has 1 atom stereocenters. The van der Waals surface area contributed by atoms with Crippen LogP contribution in [0.3, 0.4) is 0 Å². The zero-order valence-electron chi connectivity index (χ0n) is 14.4. The number of hydrogen-bond donors (Lipinski definition) is 1. The lowest BCUT2D eigenvalue weighted by molar-refractivity contribution is 0.0746. The van der Waals surface area contributed by atoms with Crippen LogP contribution in [0.15, 0.2) is 16.3 Å². The van der Waals surface area contributed by atoms with Crippen LogP contribution in [0.4, 0.5) is 0 Å². The van der Waals surface area contributed by atoms with Crippen molar-refractivity contribution < 1.29 is 13.2 Å². The highest BCUT2D eigenvalue weighted by Gasteiger charge is 2.32. The summed E-state index contributed by atoms with van der Waals surface area (Å²) in [6.07, 6.45) is 3.66. The fourth-order valence-corrected chi connectivity index (χ4v) is 6.30. The molecule has 142 valence electrons. The Kier molecular flexibility index (Phi) is 6.89. The van der Waals surface area contributed by atoms with E-state index in [1.165, 1.54) is 0 Å². The molecule has 0 aromatic carbocycles. The SMILES string of the molecule is CC1CCN(S(=O)(=O)c2ccc(C(=O)N3CCCC3CN)s2)CC1.Cl. The summed E-state index contributed by atoms with van der Waals surface area (Å²) in [4.78, 5) is 14.9. The highest BCUT2D eigenvalue weighted by Crippen LogP contribution is 2.30. The van der Waals surface area contributed by atoms with Crippen LogP contribution in [0.2, 0.25) is 0 Å². The molecule has 2 saturated heterocycles. The molecule has 2 N–H and O–H groups in total. The van der Waals surface area contributed by atoms with Gasteiger partial charge in [0.15, 0.2) is 0 Å². The van der Waals surface area contributed by atoms with Gasteiger partial charge in [-0.25, -0.2) is 8.42 Å². The smallest absolute Gasteiger partial charge is 0.264 e. The highest BCUT2D eigenvalue weighted by molar-refractivity contribution is 7.91. The Morgan fingerprint density at radius 3 is 2.56 bits per heavy atom. The average molecular weight is 408 g/mol. The standard InChI is InChI=1S/C16H25N3O3S2.ClH/c1-12-6-9-18(10-7-12)24(21,22)15-5-4-14(23-15)16(20)19-8-2-3-13(19)11-17;/h4-5,12-13H,2-3,6-11,17H2,1H3;1H. The van der Waals surface area contributed by atoms with Crippen molar-refractivity contribution in [2.45, 2.75) is 42.9 Å². The molecule has 9 heteroatoms. The van der Waals surface area contributed by atoms with E-state index in [4.69, 9.17) is 5.73 Å². The summed E-state index contributed by atoms with van der Waals surface area (Å²) in [6.45, 7) is 4.42. The van der Waals surface area contributed by atoms with Gasteiger partial charge in [0.1, 0.15) is 4.21 Å². The van der Waals surface area contributed by atoms with Crippen LogP contribution < -0.4 is 5.73 Å². The number of carbonyl (C=O) groups is 1. The Labute approximate surface area is 159 Å². The van der Waals surface area contributed by atoms with E-state index in [0.29, 0.717) is 37.0 Å². The molecule has 1 unspecified atom stereocenters. The molecule has 2 aliphatic rings. The van der Waals surface area contributed by atoms with Gasteiger partial charge >= 0.3 is 0 Å². The molecule has 2 aliphatic heterocycles. The van der Waals surface area contributed by atoms with E-state index in [1.807, 2.05) is 0 Å². The number of carbonyl (C=O) groups excluding carboxylic acids is 1. The van der Waals surface area contributed by atoms with E-state index < -0.39 is 10.0 Å². The molecule has 1 amide bonds. The second-order valence-corrected chi connectivity index (χ2v) is 9.98. The van der Waals surface area contributed by atoms with Crippen LogP contribution in [0, 0.1) is 5.92 Å². The van der Waals surface area contributed by atoms with Gasteiger partial charge in [-0.3, -0.25) is 4.79 Å². The maximum Gasteiger partial charge on any atom is 0.264 e. The summed E-state index contributed by atoms with van der Waals surface area (Å²) >= 11 is 1.08. The Balaban J connectivity index is 0.00000225. The van der Waals surface area contributed by atoms with Crippen molar-refractivity contribution in [3.05, 3.63) is 17.0 Å². The van der Waals surface area contributed by atoms with E-state index in [9.17, 15) is 13.2 Å². The average Bonchev–Trinajstić information content (AvgIpc) is 3.24. The van der Waals surface area contributed by atoms with Gasteiger partial charge in [0, 0.05) is 32.2 Å². The van der Waals surface area contributed by atoms with Crippen LogP contribution in [-0.4, -0.2) is 55.8 Å². The number of nitrogens with zero attached hydrogens (tertiary/aromatic N) is 2. The first kappa shape index (κ1) is 20.6. The number of hydrogen-bond acceptors (Lipinski definition) is 5. The largest absolute Gasteiger partial charge is 0.334 e. The van der Waals surface area contributed by atoms with Gasteiger partial charge in [-0.1, -0.05) is 6.92 Å². The third kappa shape index (κ3) is 4.19. The number of amides is 1. The Morgan fingerprint density at radius 2 is 1.92 bits per heavy atom. The minimum Gasteiger partial charge on any atom is -0.334 e. The van der Waals surface area contributed by atoms with Gasteiger partial charge in [-0.2, -0.15) is 4.31 Å². The summed E-state index contributed by atoms with van der Waals surface area (Å²) in [5.74, 6) is 0.474. The number of rotatable bonds is 4. The Bertz CT molecular complexity index is 699. The van der Waals surface area contributed by atoms with Gasteiger partial charge in [0.2, 0.25) is 0 Å². The van der Waals surface area contributed by atoms with Crippen molar-refractivity contribution in [1.29, 1.82) is 0 Å². The van der Waals surface area contributed by atoms with Crippen molar-refractivity contribution in [2.75, 3.05) is 26.2 Å². The Hall–Kier alpha value is -0.670. The van der Waals surface area contributed by atoms with Crippen LogP contribution in [0.25, 0.3) is 0 Å². The number of sulfonamides is 1. The van der Waals surface area contributed by atoms with Gasteiger partial charge in [-0.05, 0) is 43.7 Å². The van der Waals surface area contributed by atoms with Crippen LogP contribution in [0.1, 0.15) is 42.3 Å². The van der Waals surface area contributed by atoms with Crippen LogP contribution in [-0.2, 0) is 10.0 Å². The molecule has 2 fully saturated rings. The van der Waals surface area contributed by atoms with E-state index in [1.54, 1.807) is 21.3 Å². The predicted octanol–water partition coefficient (Wildman–Crippen LogP) is 2.15. The maximum absolute atomic E-state index is 12.8. The van der Waals surface area contributed by atoms with Crippen molar-refractivity contribution in [1.82, 2.24) is 9.21 Å². The first-order valence-electron chi connectivity index (χ1n) is 8.54. The lowest BCUT2D eigenvalue weighted by Crippen LogP contribution is -2.39. The van der Waals surface area contributed by atoms with E-state index in [-0.39, 0.29) is 28.6 Å². The first-order chi connectivity index (χ1) is 11.4. The van der Waals surface area contributed by atoms with Crippen LogP contribution in [0.5, 0.6) is 0 Å². The lowest BCUT2D eigenvalue weighted by atomic mass is 10.0. The lowest BCUT2D eigenvalue weighted by Gasteiger charge is -2.28. The Morgan fingerprint density at radius 1 is 1.24 bits per heavy atom. The van der Waals surface area contributed by atoms with E-state index >= 15 is 0 Å². The summed E-state index contributed by atoms with van der Waals surface area (Å²) in [6, 6.07) is 3.28.